The van der Waals surface area contributed by atoms with E-state index in [0.29, 0.717) is 18.8 Å². The topological polar surface area (TPSA) is 87.2 Å². The maximum Gasteiger partial charge on any atom is 0.294 e. The lowest BCUT2D eigenvalue weighted by molar-refractivity contribution is -0.384. The normalized spacial score (nSPS) is 18.4. The summed E-state index contributed by atoms with van der Waals surface area (Å²) >= 11 is 5.72. The third kappa shape index (κ3) is 2.51. The molecule has 1 atom stereocenters. The van der Waals surface area contributed by atoms with Crippen LogP contribution in [0.4, 0.5) is 11.4 Å². The first-order valence-corrected chi connectivity index (χ1v) is 6.15. The molecule has 6 nitrogen and oxygen atoms in total. The van der Waals surface area contributed by atoms with E-state index < -0.39 is 4.92 Å². The molecule has 1 aromatic rings. The van der Waals surface area contributed by atoms with Crippen molar-refractivity contribution in [2.75, 3.05) is 17.3 Å². The number of amides is 1. The van der Waals surface area contributed by atoms with Gasteiger partial charge in [0.1, 0.15) is 5.69 Å². The molecule has 1 fully saturated rings. The Hall–Kier alpha value is -2.13. The molecular formula is C12H10ClN3O3. The number of nitro groups is 1. The number of nitro benzene ring substituents is 1. The number of rotatable bonds is 3. The first kappa shape index (κ1) is 13.3. The van der Waals surface area contributed by atoms with Crippen LogP contribution in [0.1, 0.15) is 12.0 Å². The van der Waals surface area contributed by atoms with Gasteiger partial charge in [-0.15, -0.1) is 11.6 Å². The van der Waals surface area contributed by atoms with E-state index in [-0.39, 0.29) is 28.8 Å². The number of carbonyl (C=O) groups excluding carboxylic acids is 1. The van der Waals surface area contributed by atoms with Crippen molar-refractivity contribution in [2.45, 2.75) is 6.42 Å². The molecule has 1 saturated heterocycles. The van der Waals surface area contributed by atoms with Gasteiger partial charge in [0.2, 0.25) is 5.91 Å². The molecule has 0 spiro atoms. The molecule has 19 heavy (non-hydrogen) atoms. The standard InChI is InChI=1S/C12H10ClN3O3/c13-5-9-4-12(17)15(7-9)10-2-1-8(6-14)3-11(10)16(18)19/h1-3,9H,4-5,7H2. The number of nitriles is 1. The summed E-state index contributed by atoms with van der Waals surface area (Å²) in [6.45, 7) is 0.370. The Kier molecular flexibility index (Phi) is 3.67. The quantitative estimate of drug-likeness (QED) is 0.481. The summed E-state index contributed by atoms with van der Waals surface area (Å²) in [4.78, 5) is 23.7. The summed E-state index contributed by atoms with van der Waals surface area (Å²) in [5, 5.41) is 19.8. The second kappa shape index (κ2) is 5.24. The maximum atomic E-state index is 11.9. The van der Waals surface area contributed by atoms with Crippen LogP contribution in [0.3, 0.4) is 0 Å². The molecule has 1 aliphatic heterocycles. The molecular weight excluding hydrogens is 270 g/mol. The van der Waals surface area contributed by atoms with Gasteiger partial charge in [0, 0.05) is 24.9 Å². The van der Waals surface area contributed by atoms with Crippen LogP contribution in [0.5, 0.6) is 0 Å². The Bertz CT molecular complexity index is 582. The third-order valence-electron chi connectivity index (χ3n) is 3.02. The second-order valence-corrected chi connectivity index (χ2v) is 4.61. The molecule has 1 unspecified atom stereocenters. The van der Waals surface area contributed by atoms with Gasteiger partial charge in [0.05, 0.1) is 16.6 Å². The molecule has 2 rings (SSSR count). The fourth-order valence-corrected chi connectivity index (χ4v) is 2.29. The zero-order valence-corrected chi connectivity index (χ0v) is 10.6. The molecule has 0 bridgehead atoms. The van der Waals surface area contributed by atoms with Crippen LogP contribution in [0.15, 0.2) is 18.2 Å². The molecule has 0 aromatic heterocycles. The average molecular weight is 280 g/mol. The molecule has 1 amide bonds. The van der Waals surface area contributed by atoms with Gasteiger partial charge in [0.15, 0.2) is 0 Å². The van der Waals surface area contributed by atoms with Gasteiger partial charge in [-0.05, 0) is 18.1 Å². The summed E-state index contributed by atoms with van der Waals surface area (Å²) in [6, 6.07) is 5.92. The van der Waals surface area contributed by atoms with Crippen molar-refractivity contribution in [1.29, 1.82) is 5.26 Å². The molecule has 7 heteroatoms. The fraction of sp³-hybridized carbons (Fsp3) is 0.333. The first-order chi connectivity index (χ1) is 9.06. The summed E-state index contributed by atoms with van der Waals surface area (Å²) in [6.07, 6.45) is 0.292. The predicted octanol–water partition coefficient (Wildman–Crippen LogP) is 2.06. The van der Waals surface area contributed by atoms with Gasteiger partial charge < -0.3 is 4.90 Å². The van der Waals surface area contributed by atoms with Crippen LogP contribution in [-0.4, -0.2) is 23.3 Å². The predicted molar refractivity (Wildman–Crippen MR) is 69.0 cm³/mol. The summed E-state index contributed by atoms with van der Waals surface area (Å²) in [7, 11) is 0. The van der Waals surface area contributed by atoms with Crippen LogP contribution in [0.25, 0.3) is 0 Å². The van der Waals surface area contributed by atoms with Crippen LogP contribution in [0.2, 0.25) is 0 Å². The van der Waals surface area contributed by atoms with Crippen LogP contribution >= 0.6 is 11.6 Å². The van der Waals surface area contributed by atoms with Gasteiger partial charge in [-0.1, -0.05) is 0 Å². The maximum absolute atomic E-state index is 11.9. The Morgan fingerprint density at radius 3 is 2.84 bits per heavy atom. The minimum absolute atomic E-state index is 0.00409. The smallest absolute Gasteiger partial charge is 0.294 e. The summed E-state index contributed by atoms with van der Waals surface area (Å²) < 4.78 is 0. The highest BCUT2D eigenvalue weighted by atomic mass is 35.5. The van der Waals surface area contributed by atoms with Crippen molar-refractivity contribution in [3.05, 3.63) is 33.9 Å². The van der Waals surface area contributed by atoms with Crippen molar-refractivity contribution < 1.29 is 9.72 Å². The second-order valence-electron chi connectivity index (χ2n) is 4.30. The molecule has 0 N–H and O–H groups in total. The molecule has 1 aromatic carbocycles. The number of anilines is 1. The van der Waals surface area contributed by atoms with E-state index in [1.807, 2.05) is 6.07 Å². The Labute approximate surface area is 114 Å². The number of halogens is 1. The van der Waals surface area contributed by atoms with Crippen LogP contribution < -0.4 is 4.90 Å². The zero-order valence-electron chi connectivity index (χ0n) is 9.88. The SMILES string of the molecule is N#Cc1ccc(N2CC(CCl)CC2=O)c([N+](=O)[O-])c1. The molecule has 0 aliphatic carbocycles. The van der Waals surface area contributed by atoms with Gasteiger partial charge in [-0.25, -0.2) is 0 Å². The van der Waals surface area contributed by atoms with Crippen molar-refractivity contribution in [3.63, 3.8) is 0 Å². The van der Waals surface area contributed by atoms with Crippen LogP contribution in [-0.2, 0) is 4.79 Å². The number of nitrogens with zero attached hydrogens (tertiary/aromatic N) is 3. The first-order valence-electron chi connectivity index (χ1n) is 5.61. The fourth-order valence-electron chi connectivity index (χ4n) is 2.09. The van der Waals surface area contributed by atoms with Crippen molar-refractivity contribution >= 4 is 28.9 Å². The minimum atomic E-state index is -0.586. The number of carbonyl (C=O) groups is 1. The summed E-state index contributed by atoms with van der Waals surface area (Å²) in [5.41, 5.74) is 0.181. The van der Waals surface area contributed by atoms with Gasteiger partial charge in [0.25, 0.3) is 5.69 Å². The van der Waals surface area contributed by atoms with E-state index in [1.165, 1.54) is 23.1 Å². The van der Waals surface area contributed by atoms with Crippen molar-refractivity contribution in [1.82, 2.24) is 0 Å². The van der Waals surface area contributed by atoms with E-state index in [1.54, 1.807) is 0 Å². The van der Waals surface area contributed by atoms with Gasteiger partial charge in [-0.2, -0.15) is 5.26 Å². The van der Waals surface area contributed by atoms with E-state index in [0.717, 1.165) is 0 Å². The Balaban J connectivity index is 2.43. The zero-order chi connectivity index (χ0) is 14.0. The minimum Gasteiger partial charge on any atom is -0.306 e. The Morgan fingerprint density at radius 2 is 2.32 bits per heavy atom. The lowest BCUT2D eigenvalue weighted by Crippen LogP contribution is -2.25. The lowest BCUT2D eigenvalue weighted by atomic mass is 10.1. The molecule has 1 heterocycles. The third-order valence-corrected chi connectivity index (χ3v) is 3.45. The highest BCUT2D eigenvalue weighted by molar-refractivity contribution is 6.18. The van der Waals surface area contributed by atoms with E-state index in [4.69, 9.17) is 16.9 Å². The van der Waals surface area contributed by atoms with Crippen molar-refractivity contribution in [3.8, 4) is 6.07 Å². The van der Waals surface area contributed by atoms with Gasteiger partial charge >= 0.3 is 0 Å². The number of alkyl halides is 1. The highest BCUT2D eigenvalue weighted by Gasteiger charge is 2.33. The molecule has 1 aliphatic rings. The molecule has 98 valence electrons. The number of hydrogen-bond acceptors (Lipinski definition) is 4. The number of hydrogen-bond donors (Lipinski definition) is 0. The van der Waals surface area contributed by atoms with Crippen molar-refractivity contribution in [2.24, 2.45) is 5.92 Å². The van der Waals surface area contributed by atoms with E-state index >= 15 is 0 Å². The van der Waals surface area contributed by atoms with E-state index in [9.17, 15) is 14.9 Å². The highest BCUT2D eigenvalue weighted by Crippen LogP contribution is 2.33. The average Bonchev–Trinajstić information content (AvgIpc) is 2.79. The number of benzene rings is 1. The molecule has 0 saturated carbocycles. The monoisotopic (exact) mass is 279 g/mol. The largest absolute Gasteiger partial charge is 0.306 e. The van der Waals surface area contributed by atoms with E-state index in [2.05, 4.69) is 0 Å². The lowest BCUT2D eigenvalue weighted by Gasteiger charge is -2.16. The summed E-state index contributed by atoms with van der Waals surface area (Å²) in [5.74, 6) is 0.162. The van der Waals surface area contributed by atoms with Gasteiger partial charge in [-0.3, -0.25) is 14.9 Å². The van der Waals surface area contributed by atoms with Crippen LogP contribution in [0, 0.1) is 27.4 Å². The Morgan fingerprint density at radius 1 is 1.58 bits per heavy atom. The molecule has 0 radical (unpaired) electrons.